The molecule has 0 bridgehead atoms. The van der Waals surface area contributed by atoms with Crippen LogP contribution in [0.2, 0.25) is 0 Å². The van der Waals surface area contributed by atoms with Gasteiger partial charge in [0.15, 0.2) is 0 Å². The van der Waals surface area contributed by atoms with Crippen LogP contribution < -0.4 is 10.2 Å². The molecule has 3 rings (SSSR count). The summed E-state index contributed by atoms with van der Waals surface area (Å²) in [5.41, 5.74) is 2.62. The van der Waals surface area contributed by atoms with Crippen molar-refractivity contribution in [1.29, 1.82) is 0 Å². The maximum absolute atomic E-state index is 5.31. The van der Waals surface area contributed by atoms with Crippen LogP contribution in [0, 0.1) is 6.92 Å². The molecule has 2 aromatic heterocycles. The Morgan fingerprint density at radius 2 is 2.00 bits per heavy atom. The molecule has 5 nitrogen and oxygen atoms in total. The summed E-state index contributed by atoms with van der Waals surface area (Å²) in [6.07, 6.45) is 0.927. The van der Waals surface area contributed by atoms with Gasteiger partial charge in [0, 0.05) is 25.0 Å². The topological polar surface area (TPSA) is 54.2 Å². The number of aryl methyl sites for hydroxylation is 1. The summed E-state index contributed by atoms with van der Waals surface area (Å²) >= 11 is 1.78. The zero-order chi connectivity index (χ0) is 16.9. The minimum Gasteiger partial charge on any atom is -0.344 e. The number of rotatable bonds is 7. The van der Waals surface area contributed by atoms with Gasteiger partial charge in [0.2, 0.25) is 5.89 Å². The SMILES string of the molecule is Cc1ccsc1C(Cc1ccccc1)NCc1nc(N(C)C)no1. The summed E-state index contributed by atoms with van der Waals surface area (Å²) in [4.78, 5) is 7.57. The van der Waals surface area contributed by atoms with Crippen molar-refractivity contribution in [3.63, 3.8) is 0 Å². The number of benzene rings is 1. The molecule has 0 aliphatic heterocycles. The van der Waals surface area contributed by atoms with Crippen molar-refractivity contribution in [3.8, 4) is 0 Å². The van der Waals surface area contributed by atoms with Crippen LogP contribution in [0.5, 0.6) is 0 Å². The van der Waals surface area contributed by atoms with E-state index >= 15 is 0 Å². The maximum atomic E-state index is 5.31. The largest absolute Gasteiger partial charge is 0.344 e. The fraction of sp³-hybridized carbons (Fsp3) is 0.333. The number of anilines is 1. The van der Waals surface area contributed by atoms with Gasteiger partial charge >= 0.3 is 0 Å². The normalized spacial score (nSPS) is 12.3. The Bertz CT molecular complexity index is 766. The smallest absolute Gasteiger partial charge is 0.265 e. The first-order valence-corrected chi connectivity index (χ1v) is 8.82. The van der Waals surface area contributed by atoms with Crippen LogP contribution in [0.4, 0.5) is 5.95 Å². The van der Waals surface area contributed by atoms with Gasteiger partial charge in [0.1, 0.15) is 0 Å². The predicted molar refractivity (Wildman–Crippen MR) is 97.4 cm³/mol. The highest BCUT2D eigenvalue weighted by atomic mass is 32.1. The Hall–Kier alpha value is -2.18. The van der Waals surface area contributed by atoms with Gasteiger partial charge in [0.05, 0.1) is 6.54 Å². The molecule has 1 atom stereocenters. The van der Waals surface area contributed by atoms with Crippen molar-refractivity contribution in [2.45, 2.75) is 25.9 Å². The van der Waals surface area contributed by atoms with E-state index in [-0.39, 0.29) is 6.04 Å². The number of aromatic nitrogens is 2. The molecule has 1 N–H and O–H groups in total. The fourth-order valence-corrected chi connectivity index (χ4v) is 3.56. The molecule has 0 saturated heterocycles. The first kappa shape index (κ1) is 16.7. The quantitative estimate of drug-likeness (QED) is 0.711. The molecule has 2 heterocycles. The van der Waals surface area contributed by atoms with Crippen LogP contribution in [0.25, 0.3) is 0 Å². The fourth-order valence-electron chi connectivity index (χ4n) is 2.56. The second-order valence-electron chi connectivity index (χ2n) is 5.97. The molecule has 6 heteroatoms. The lowest BCUT2D eigenvalue weighted by Crippen LogP contribution is -2.23. The van der Waals surface area contributed by atoms with E-state index in [9.17, 15) is 0 Å². The molecular weight excluding hydrogens is 320 g/mol. The van der Waals surface area contributed by atoms with E-state index in [1.165, 1.54) is 16.0 Å². The molecule has 0 fully saturated rings. The molecular formula is C18H22N4OS. The van der Waals surface area contributed by atoms with E-state index in [4.69, 9.17) is 4.52 Å². The van der Waals surface area contributed by atoms with E-state index in [2.05, 4.69) is 58.1 Å². The van der Waals surface area contributed by atoms with E-state index in [0.29, 0.717) is 18.4 Å². The van der Waals surface area contributed by atoms with Crippen LogP contribution in [-0.2, 0) is 13.0 Å². The van der Waals surface area contributed by atoms with E-state index < -0.39 is 0 Å². The Labute approximate surface area is 146 Å². The highest BCUT2D eigenvalue weighted by Crippen LogP contribution is 2.27. The summed E-state index contributed by atoms with van der Waals surface area (Å²) in [6, 6.07) is 12.9. The summed E-state index contributed by atoms with van der Waals surface area (Å²) < 4.78 is 5.31. The monoisotopic (exact) mass is 342 g/mol. The summed E-state index contributed by atoms with van der Waals surface area (Å²) in [7, 11) is 3.80. The first-order chi connectivity index (χ1) is 11.6. The second kappa shape index (κ2) is 7.59. The van der Waals surface area contributed by atoms with Crippen molar-refractivity contribution in [2.24, 2.45) is 0 Å². The van der Waals surface area contributed by atoms with Crippen LogP contribution in [-0.4, -0.2) is 24.2 Å². The Morgan fingerprint density at radius 3 is 2.62 bits per heavy atom. The predicted octanol–water partition coefficient (Wildman–Crippen LogP) is 3.58. The molecule has 24 heavy (non-hydrogen) atoms. The average Bonchev–Trinajstić information content (AvgIpc) is 3.21. The number of hydrogen-bond donors (Lipinski definition) is 1. The molecule has 0 radical (unpaired) electrons. The van der Waals surface area contributed by atoms with Crippen LogP contribution >= 0.6 is 11.3 Å². The number of hydrogen-bond acceptors (Lipinski definition) is 6. The summed E-state index contributed by atoms with van der Waals surface area (Å²) in [5, 5.41) is 9.68. The molecule has 3 aromatic rings. The number of nitrogens with zero attached hydrogens (tertiary/aromatic N) is 3. The van der Waals surface area contributed by atoms with Crippen LogP contribution in [0.3, 0.4) is 0 Å². The van der Waals surface area contributed by atoms with E-state index in [1.807, 2.05) is 25.1 Å². The van der Waals surface area contributed by atoms with Gasteiger partial charge in [-0.3, -0.25) is 0 Å². The van der Waals surface area contributed by atoms with Gasteiger partial charge in [-0.15, -0.1) is 11.3 Å². The zero-order valence-corrected chi connectivity index (χ0v) is 15.0. The third-order valence-electron chi connectivity index (χ3n) is 3.86. The lowest BCUT2D eigenvalue weighted by molar-refractivity contribution is 0.357. The molecule has 0 saturated carbocycles. The number of thiophene rings is 1. The van der Waals surface area contributed by atoms with Crippen LogP contribution in [0.15, 0.2) is 46.3 Å². The van der Waals surface area contributed by atoms with Gasteiger partial charge in [-0.05, 0) is 41.1 Å². The van der Waals surface area contributed by atoms with E-state index in [0.717, 1.165) is 6.42 Å². The Balaban J connectivity index is 1.73. The van der Waals surface area contributed by atoms with Gasteiger partial charge in [0.25, 0.3) is 5.95 Å². The lowest BCUT2D eigenvalue weighted by atomic mass is 10.0. The third kappa shape index (κ3) is 4.01. The molecule has 0 amide bonds. The average molecular weight is 342 g/mol. The van der Waals surface area contributed by atoms with Gasteiger partial charge in [-0.1, -0.05) is 30.3 Å². The summed E-state index contributed by atoms with van der Waals surface area (Å²) in [5.74, 6) is 1.20. The van der Waals surface area contributed by atoms with Gasteiger partial charge in [-0.25, -0.2) is 0 Å². The molecule has 0 aliphatic rings. The molecule has 1 unspecified atom stereocenters. The van der Waals surface area contributed by atoms with E-state index in [1.54, 1.807) is 11.3 Å². The van der Waals surface area contributed by atoms with Crippen molar-refractivity contribution in [2.75, 3.05) is 19.0 Å². The van der Waals surface area contributed by atoms with Gasteiger partial charge in [-0.2, -0.15) is 4.98 Å². The highest BCUT2D eigenvalue weighted by Gasteiger charge is 2.17. The molecule has 0 spiro atoms. The lowest BCUT2D eigenvalue weighted by Gasteiger charge is -2.18. The minimum absolute atomic E-state index is 0.224. The number of nitrogens with one attached hydrogen (secondary N) is 1. The third-order valence-corrected chi connectivity index (χ3v) is 4.99. The molecule has 126 valence electrons. The van der Waals surface area contributed by atoms with Crippen LogP contribution in [0.1, 0.15) is 27.9 Å². The molecule has 0 aliphatic carbocycles. The van der Waals surface area contributed by atoms with Crippen molar-refractivity contribution in [3.05, 3.63) is 63.7 Å². The summed E-state index contributed by atoms with van der Waals surface area (Å²) in [6.45, 7) is 2.71. The Kier molecular flexibility index (Phi) is 5.27. The van der Waals surface area contributed by atoms with Crippen molar-refractivity contribution in [1.82, 2.24) is 15.5 Å². The van der Waals surface area contributed by atoms with Gasteiger partial charge < -0.3 is 14.7 Å². The Morgan fingerprint density at radius 1 is 1.21 bits per heavy atom. The standard InChI is InChI=1S/C18H22N4OS/c1-13-9-10-24-17(13)15(11-14-7-5-4-6-8-14)19-12-16-20-18(21-23-16)22(2)3/h4-10,15,19H,11-12H2,1-3H3. The first-order valence-electron chi connectivity index (χ1n) is 7.94. The zero-order valence-electron chi connectivity index (χ0n) is 14.2. The van der Waals surface area contributed by atoms with Crippen molar-refractivity contribution >= 4 is 17.3 Å². The van der Waals surface area contributed by atoms with Crippen molar-refractivity contribution < 1.29 is 4.52 Å². The highest BCUT2D eigenvalue weighted by molar-refractivity contribution is 7.10. The molecule has 1 aromatic carbocycles. The second-order valence-corrected chi connectivity index (χ2v) is 6.92. The maximum Gasteiger partial charge on any atom is 0.265 e. The minimum atomic E-state index is 0.224.